The van der Waals surface area contributed by atoms with E-state index in [0.29, 0.717) is 17.8 Å². The standard InChI is InChI=1S/C13H11N3O2S/c1-8-3-2-4-11(10(8)5-14)15-6-9-7-19-12(16-9)13(17)18/h2-4,7,15H,6H2,1H3,(H,17,18). The van der Waals surface area contributed by atoms with E-state index in [0.717, 1.165) is 22.6 Å². The molecule has 0 saturated heterocycles. The molecule has 0 atom stereocenters. The topological polar surface area (TPSA) is 86.0 Å². The van der Waals surface area contributed by atoms with Gasteiger partial charge in [0, 0.05) is 5.38 Å². The van der Waals surface area contributed by atoms with Crippen molar-refractivity contribution in [1.29, 1.82) is 5.26 Å². The average Bonchev–Trinajstić information content (AvgIpc) is 2.85. The molecule has 0 fully saturated rings. The van der Waals surface area contributed by atoms with Crippen molar-refractivity contribution in [3.63, 3.8) is 0 Å². The van der Waals surface area contributed by atoms with Gasteiger partial charge < -0.3 is 10.4 Å². The molecule has 6 heteroatoms. The Bertz CT molecular complexity index is 658. The summed E-state index contributed by atoms with van der Waals surface area (Å²) in [5.74, 6) is -1.02. The van der Waals surface area contributed by atoms with Crippen molar-refractivity contribution in [3.05, 3.63) is 45.4 Å². The number of nitrogens with one attached hydrogen (secondary N) is 1. The number of thiazole rings is 1. The molecular formula is C13H11N3O2S. The molecular weight excluding hydrogens is 262 g/mol. The van der Waals surface area contributed by atoms with Crippen LogP contribution in [0.1, 0.15) is 26.6 Å². The summed E-state index contributed by atoms with van der Waals surface area (Å²) >= 11 is 1.09. The summed E-state index contributed by atoms with van der Waals surface area (Å²) in [6, 6.07) is 7.70. The first-order chi connectivity index (χ1) is 9.11. The number of anilines is 1. The molecule has 0 aliphatic heterocycles. The van der Waals surface area contributed by atoms with Crippen LogP contribution in [0.4, 0.5) is 5.69 Å². The summed E-state index contributed by atoms with van der Waals surface area (Å²) in [5.41, 5.74) is 2.87. The Kier molecular flexibility index (Phi) is 3.78. The zero-order chi connectivity index (χ0) is 13.8. The summed E-state index contributed by atoms with van der Waals surface area (Å²) in [4.78, 5) is 14.7. The number of hydrogen-bond acceptors (Lipinski definition) is 5. The SMILES string of the molecule is Cc1cccc(NCc2csc(C(=O)O)n2)c1C#N. The first-order valence-electron chi connectivity index (χ1n) is 5.53. The van der Waals surface area contributed by atoms with E-state index in [1.807, 2.05) is 25.1 Å². The van der Waals surface area contributed by atoms with E-state index in [1.165, 1.54) is 0 Å². The molecule has 2 aromatic rings. The summed E-state index contributed by atoms with van der Waals surface area (Å²) in [7, 11) is 0. The minimum atomic E-state index is -1.02. The van der Waals surface area contributed by atoms with Crippen LogP contribution in [0.5, 0.6) is 0 Å². The van der Waals surface area contributed by atoms with Gasteiger partial charge in [-0.05, 0) is 18.6 Å². The molecule has 0 aliphatic rings. The Morgan fingerprint density at radius 1 is 1.58 bits per heavy atom. The highest BCUT2D eigenvalue weighted by Crippen LogP contribution is 2.19. The van der Waals surface area contributed by atoms with Gasteiger partial charge in [0.15, 0.2) is 0 Å². The van der Waals surface area contributed by atoms with E-state index in [9.17, 15) is 4.79 Å². The van der Waals surface area contributed by atoms with E-state index in [4.69, 9.17) is 10.4 Å². The van der Waals surface area contributed by atoms with Crippen molar-refractivity contribution in [1.82, 2.24) is 4.98 Å². The lowest BCUT2D eigenvalue weighted by atomic mass is 10.1. The molecule has 0 bridgehead atoms. The van der Waals surface area contributed by atoms with Crippen LogP contribution in [0.15, 0.2) is 23.6 Å². The smallest absolute Gasteiger partial charge is 0.365 e. The third-order valence-electron chi connectivity index (χ3n) is 2.58. The van der Waals surface area contributed by atoms with Crippen molar-refractivity contribution in [2.45, 2.75) is 13.5 Å². The molecule has 19 heavy (non-hydrogen) atoms. The Balaban J connectivity index is 2.12. The Hall–Kier alpha value is -2.39. The Morgan fingerprint density at radius 2 is 2.37 bits per heavy atom. The largest absolute Gasteiger partial charge is 0.476 e. The molecule has 5 nitrogen and oxygen atoms in total. The minimum Gasteiger partial charge on any atom is -0.476 e. The molecule has 1 heterocycles. The molecule has 2 N–H and O–H groups in total. The van der Waals surface area contributed by atoms with Gasteiger partial charge in [0.1, 0.15) is 6.07 Å². The van der Waals surface area contributed by atoms with Gasteiger partial charge in [0.25, 0.3) is 0 Å². The number of carboxylic acids is 1. The minimum absolute atomic E-state index is 0.0709. The Morgan fingerprint density at radius 3 is 3.00 bits per heavy atom. The second-order valence-corrected chi connectivity index (χ2v) is 4.77. The van der Waals surface area contributed by atoms with E-state index in [1.54, 1.807) is 5.38 Å². The van der Waals surface area contributed by atoms with Crippen LogP contribution in [0.25, 0.3) is 0 Å². The number of carbonyl (C=O) groups is 1. The van der Waals surface area contributed by atoms with Crippen LogP contribution in [-0.2, 0) is 6.54 Å². The van der Waals surface area contributed by atoms with Crippen LogP contribution < -0.4 is 5.32 Å². The Labute approximate surface area is 114 Å². The van der Waals surface area contributed by atoms with Gasteiger partial charge in [-0.25, -0.2) is 9.78 Å². The quantitative estimate of drug-likeness (QED) is 0.894. The molecule has 1 aromatic heterocycles. The van der Waals surface area contributed by atoms with E-state index >= 15 is 0 Å². The fraction of sp³-hybridized carbons (Fsp3) is 0.154. The van der Waals surface area contributed by atoms with Crippen LogP contribution in [0, 0.1) is 18.3 Å². The van der Waals surface area contributed by atoms with Crippen molar-refractivity contribution in [3.8, 4) is 6.07 Å². The van der Waals surface area contributed by atoms with Gasteiger partial charge in [-0.15, -0.1) is 11.3 Å². The lowest BCUT2D eigenvalue weighted by Gasteiger charge is -2.08. The second kappa shape index (κ2) is 5.50. The maximum Gasteiger partial charge on any atom is 0.365 e. The maximum atomic E-state index is 10.7. The fourth-order valence-electron chi connectivity index (χ4n) is 1.64. The molecule has 1 aromatic carbocycles. The van der Waals surface area contributed by atoms with Gasteiger partial charge in [0.05, 0.1) is 23.5 Å². The average molecular weight is 273 g/mol. The summed E-state index contributed by atoms with van der Waals surface area (Å²) in [6.07, 6.45) is 0. The number of nitrogens with zero attached hydrogens (tertiary/aromatic N) is 2. The van der Waals surface area contributed by atoms with Gasteiger partial charge in [-0.3, -0.25) is 0 Å². The number of aromatic carboxylic acids is 1. The lowest BCUT2D eigenvalue weighted by Crippen LogP contribution is -2.03. The monoisotopic (exact) mass is 273 g/mol. The van der Waals surface area contributed by atoms with Gasteiger partial charge in [-0.2, -0.15) is 5.26 Å². The number of aromatic nitrogens is 1. The normalized spacial score (nSPS) is 9.89. The zero-order valence-electron chi connectivity index (χ0n) is 10.2. The predicted molar refractivity (Wildman–Crippen MR) is 72.3 cm³/mol. The number of aryl methyl sites for hydroxylation is 1. The fourth-order valence-corrected chi connectivity index (χ4v) is 2.29. The van der Waals surface area contributed by atoms with Crippen molar-refractivity contribution in [2.75, 3.05) is 5.32 Å². The molecule has 0 saturated carbocycles. The third-order valence-corrected chi connectivity index (χ3v) is 3.46. The maximum absolute atomic E-state index is 10.7. The highest BCUT2D eigenvalue weighted by molar-refractivity contribution is 7.11. The number of nitriles is 1. The lowest BCUT2D eigenvalue weighted by molar-refractivity contribution is 0.0696. The first kappa shape index (κ1) is 13.1. The van der Waals surface area contributed by atoms with Crippen LogP contribution in [-0.4, -0.2) is 16.1 Å². The van der Waals surface area contributed by atoms with E-state index in [-0.39, 0.29) is 5.01 Å². The molecule has 0 aliphatic carbocycles. The van der Waals surface area contributed by atoms with Gasteiger partial charge >= 0.3 is 5.97 Å². The second-order valence-electron chi connectivity index (χ2n) is 3.91. The summed E-state index contributed by atoms with van der Waals surface area (Å²) in [6.45, 7) is 2.26. The highest BCUT2D eigenvalue weighted by Gasteiger charge is 2.09. The van der Waals surface area contributed by atoms with Crippen LogP contribution in [0.2, 0.25) is 0 Å². The third kappa shape index (κ3) is 2.89. The number of rotatable bonds is 4. The highest BCUT2D eigenvalue weighted by atomic mass is 32.1. The van der Waals surface area contributed by atoms with Crippen molar-refractivity contribution >= 4 is 23.0 Å². The number of benzene rings is 1. The number of carboxylic acid groups (broad SMARTS) is 1. The van der Waals surface area contributed by atoms with Gasteiger partial charge in [-0.1, -0.05) is 12.1 Å². The molecule has 0 amide bonds. The number of hydrogen-bond donors (Lipinski definition) is 2. The van der Waals surface area contributed by atoms with Crippen molar-refractivity contribution in [2.24, 2.45) is 0 Å². The predicted octanol–water partition coefficient (Wildman–Crippen LogP) is 2.63. The molecule has 96 valence electrons. The zero-order valence-corrected chi connectivity index (χ0v) is 11.0. The van der Waals surface area contributed by atoms with E-state index < -0.39 is 5.97 Å². The summed E-state index contributed by atoms with van der Waals surface area (Å²) in [5, 5.41) is 22.7. The van der Waals surface area contributed by atoms with Gasteiger partial charge in [0.2, 0.25) is 5.01 Å². The van der Waals surface area contributed by atoms with Crippen LogP contribution in [0.3, 0.4) is 0 Å². The van der Waals surface area contributed by atoms with E-state index in [2.05, 4.69) is 16.4 Å². The van der Waals surface area contributed by atoms with Crippen molar-refractivity contribution < 1.29 is 9.90 Å². The summed E-state index contributed by atoms with van der Waals surface area (Å²) < 4.78 is 0. The first-order valence-corrected chi connectivity index (χ1v) is 6.41. The molecule has 0 radical (unpaired) electrons. The molecule has 0 unspecified atom stereocenters. The molecule has 0 spiro atoms. The molecule has 2 rings (SSSR count). The van der Waals surface area contributed by atoms with Crippen LogP contribution >= 0.6 is 11.3 Å².